The maximum atomic E-state index is 10.9. The van der Waals surface area contributed by atoms with Crippen LogP contribution in [0.2, 0.25) is 0 Å². The van der Waals surface area contributed by atoms with Crippen LogP contribution in [0.5, 0.6) is 5.75 Å². The highest BCUT2D eigenvalue weighted by molar-refractivity contribution is 5.73. The number of carbonyl (C=O) groups is 1. The molecule has 4 heteroatoms. The summed E-state index contributed by atoms with van der Waals surface area (Å²) in [4.78, 5) is 16.4. The lowest BCUT2D eigenvalue weighted by atomic mass is 10.2. The Morgan fingerprint density at radius 1 is 1.40 bits per heavy atom. The molecule has 1 N–H and O–H groups in total. The summed E-state index contributed by atoms with van der Waals surface area (Å²) in [6.07, 6.45) is 1.52. The van der Waals surface area contributed by atoms with E-state index in [4.69, 9.17) is 9.94 Å². The minimum Gasteiger partial charge on any atom is -0.480 e. The third-order valence-corrected chi connectivity index (χ3v) is 2.45. The Hall–Kier alpha value is -1.55. The number of nitrogens with zero attached hydrogens (tertiary/aromatic N) is 1. The average molecular weight is 207 g/mol. The van der Waals surface area contributed by atoms with Crippen LogP contribution in [0.4, 0.5) is 0 Å². The van der Waals surface area contributed by atoms with E-state index in [0.29, 0.717) is 18.7 Å². The summed E-state index contributed by atoms with van der Waals surface area (Å²) in [5.41, 5.74) is 0. The molecule has 0 unspecified atom stereocenters. The SMILES string of the molecule is O=C(O)[C@@H]1CCCN1Oc1ccccc1. The van der Waals surface area contributed by atoms with Gasteiger partial charge in [-0.15, -0.1) is 5.06 Å². The van der Waals surface area contributed by atoms with Gasteiger partial charge in [0.15, 0.2) is 0 Å². The Bertz CT molecular complexity index is 339. The van der Waals surface area contributed by atoms with Gasteiger partial charge >= 0.3 is 5.97 Å². The molecule has 0 bridgehead atoms. The van der Waals surface area contributed by atoms with Gasteiger partial charge in [0, 0.05) is 6.54 Å². The van der Waals surface area contributed by atoms with Crippen molar-refractivity contribution in [3.63, 3.8) is 0 Å². The normalized spacial score (nSPS) is 21.5. The summed E-state index contributed by atoms with van der Waals surface area (Å²) in [5, 5.41) is 10.5. The number of carboxylic acids is 1. The molecule has 1 aliphatic heterocycles. The minimum atomic E-state index is -0.816. The number of hydrogen-bond donors (Lipinski definition) is 1. The third-order valence-electron chi connectivity index (χ3n) is 2.45. The molecule has 1 aromatic carbocycles. The van der Waals surface area contributed by atoms with Crippen LogP contribution in [-0.4, -0.2) is 28.7 Å². The fourth-order valence-corrected chi connectivity index (χ4v) is 1.71. The Balaban J connectivity index is 2.03. The topological polar surface area (TPSA) is 49.8 Å². The van der Waals surface area contributed by atoms with Gasteiger partial charge in [0.25, 0.3) is 0 Å². The molecule has 0 saturated carbocycles. The van der Waals surface area contributed by atoms with Gasteiger partial charge < -0.3 is 9.94 Å². The Morgan fingerprint density at radius 2 is 2.13 bits per heavy atom. The molecule has 0 radical (unpaired) electrons. The predicted octanol–water partition coefficient (Wildman–Crippen LogP) is 1.53. The second-order valence-electron chi connectivity index (χ2n) is 3.54. The Labute approximate surface area is 88.0 Å². The molecule has 1 fully saturated rings. The lowest BCUT2D eigenvalue weighted by Crippen LogP contribution is -2.38. The summed E-state index contributed by atoms with van der Waals surface area (Å²) < 4.78 is 0. The van der Waals surface area contributed by atoms with Gasteiger partial charge in [-0.1, -0.05) is 18.2 Å². The zero-order valence-corrected chi connectivity index (χ0v) is 8.30. The molecule has 1 aromatic rings. The van der Waals surface area contributed by atoms with Crippen LogP contribution >= 0.6 is 0 Å². The van der Waals surface area contributed by atoms with Crippen molar-refractivity contribution in [2.75, 3.05) is 6.54 Å². The van der Waals surface area contributed by atoms with Gasteiger partial charge in [0.05, 0.1) is 0 Å². The summed E-state index contributed by atoms with van der Waals surface area (Å²) in [5.74, 6) is -0.130. The minimum absolute atomic E-state index is 0.509. The second-order valence-corrected chi connectivity index (χ2v) is 3.54. The standard InChI is InChI=1S/C11H13NO3/c13-11(14)10-7-4-8-12(10)15-9-5-2-1-3-6-9/h1-3,5-6,10H,4,7-8H2,(H,13,14)/t10-/m0/s1. The van der Waals surface area contributed by atoms with Gasteiger partial charge in [-0.05, 0) is 25.0 Å². The monoisotopic (exact) mass is 207 g/mol. The Kier molecular flexibility index (Phi) is 2.87. The highest BCUT2D eigenvalue weighted by atomic mass is 16.7. The lowest BCUT2D eigenvalue weighted by Gasteiger charge is -2.20. The van der Waals surface area contributed by atoms with Crippen molar-refractivity contribution < 1.29 is 14.7 Å². The van der Waals surface area contributed by atoms with E-state index in [1.54, 1.807) is 0 Å². The second kappa shape index (κ2) is 4.31. The molecule has 80 valence electrons. The molecular weight excluding hydrogens is 194 g/mol. The number of hydroxylamine groups is 2. The first-order valence-corrected chi connectivity index (χ1v) is 5.00. The summed E-state index contributed by atoms with van der Waals surface area (Å²) in [7, 11) is 0. The van der Waals surface area contributed by atoms with E-state index in [2.05, 4.69) is 0 Å². The van der Waals surface area contributed by atoms with Crippen molar-refractivity contribution in [3.05, 3.63) is 30.3 Å². The van der Waals surface area contributed by atoms with Crippen molar-refractivity contribution in [2.24, 2.45) is 0 Å². The maximum Gasteiger partial charge on any atom is 0.324 e. The summed E-state index contributed by atoms with van der Waals surface area (Å²) in [6, 6.07) is 8.74. The number of benzene rings is 1. The van der Waals surface area contributed by atoms with E-state index in [1.165, 1.54) is 5.06 Å². The van der Waals surface area contributed by atoms with Gasteiger partial charge in [0.1, 0.15) is 11.8 Å². The molecular formula is C11H13NO3. The van der Waals surface area contributed by atoms with Gasteiger partial charge in [-0.3, -0.25) is 4.79 Å². The zero-order valence-electron chi connectivity index (χ0n) is 8.30. The summed E-state index contributed by atoms with van der Waals surface area (Å²) >= 11 is 0. The Morgan fingerprint density at radius 3 is 2.80 bits per heavy atom. The van der Waals surface area contributed by atoms with E-state index in [1.807, 2.05) is 30.3 Å². The van der Waals surface area contributed by atoms with E-state index in [-0.39, 0.29) is 0 Å². The average Bonchev–Trinajstić information content (AvgIpc) is 2.67. The first-order valence-electron chi connectivity index (χ1n) is 5.00. The summed E-state index contributed by atoms with van der Waals surface area (Å²) in [6.45, 7) is 0.672. The van der Waals surface area contributed by atoms with Crippen LogP contribution in [0.15, 0.2) is 30.3 Å². The molecule has 0 amide bonds. The number of aliphatic carboxylic acids is 1. The van der Waals surface area contributed by atoms with Crippen LogP contribution in [0.1, 0.15) is 12.8 Å². The molecule has 2 rings (SSSR count). The lowest BCUT2D eigenvalue weighted by molar-refractivity contribution is -0.154. The molecule has 1 atom stereocenters. The highest BCUT2D eigenvalue weighted by Gasteiger charge is 2.32. The fraction of sp³-hybridized carbons (Fsp3) is 0.364. The van der Waals surface area contributed by atoms with E-state index < -0.39 is 12.0 Å². The number of hydrogen-bond acceptors (Lipinski definition) is 3. The largest absolute Gasteiger partial charge is 0.480 e. The van der Waals surface area contributed by atoms with Crippen molar-refractivity contribution in [2.45, 2.75) is 18.9 Å². The fourth-order valence-electron chi connectivity index (χ4n) is 1.71. The van der Waals surface area contributed by atoms with Gasteiger partial charge in [-0.2, -0.15) is 0 Å². The highest BCUT2D eigenvalue weighted by Crippen LogP contribution is 2.20. The number of carboxylic acid groups (broad SMARTS) is 1. The van der Waals surface area contributed by atoms with Crippen molar-refractivity contribution in [1.29, 1.82) is 0 Å². The van der Waals surface area contributed by atoms with Crippen LogP contribution in [0.25, 0.3) is 0 Å². The van der Waals surface area contributed by atoms with E-state index in [9.17, 15) is 4.79 Å². The van der Waals surface area contributed by atoms with Crippen LogP contribution < -0.4 is 4.84 Å². The first-order chi connectivity index (χ1) is 7.27. The third kappa shape index (κ3) is 2.27. The molecule has 1 heterocycles. The van der Waals surface area contributed by atoms with Crippen molar-refractivity contribution in [3.8, 4) is 5.75 Å². The van der Waals surface area contributed by atoms with Crippen LogP contribution in [0, 0.1) is 0 Å². The quantitative estimate of drug-likeness (QED) is 0.816. The van der Waals surface area contributed by atoms with Crippen LogP contribution in [0.3, 0.4) is 0 Å². The molecule has 0 aliphatic carbocycles. The molecule has 1 aliphatic rings. The number of para-hydroxylation sites is 1. The molecule has 15 heavy (non-hydrogen) atoms. The van der Waals surface area contributed by atoms with E-state index in [0.717, 1.165) is 6.42 Å². The smallest absolute Gasteiger partial charge is 0.324 e. The van der Waals surface area contributed by atoms with Crippen LogP contribution in [-0.2, 0) is 4.79 Å². The molecule has 4 nitrogen and oxygen atoms in total. The molecule has 0 spiro atoms. The van der Waals surface area contributed by atoms with Gasteiger partial charge in [-0.25, -0.2) is 0 Å². The van der Waals surface area contributed by atoms with E-state index >= 15 is 0 Å². The first kappa shape index (κ1) is 9.98. The predicted molar refractivity (Wildman–Crippen MR) is 54.4 cm³/mol. The van der Waals surface area contributed by atoms with Crippen molar-refractivity contribution >= 4 is 5.97 Å². The van der Waals surface area contributed by atoms with Gasteiger partial charge in [0.2, 0.25) is 0 Å². The number of rotatable bonds is 3. The zero-order chi connectivity index (χ0) is 10.7. The molecule has 0 aromatic heterocycles. The molecule has 1 saturated heterocycles. The van der Waals surface area contributed by atoms with Crippen molar-refractivity contribution in [1.82, 2.24) is 5.06 Å². The maximum absolute atomic E-state index is 10.9.